The minimum Gasteiger partial charge on any atom is -0.462 e. The van der Waals surface area contributed by atoms with E-state index in [2.05, 4.69) is 4.98 Å². The number of para-hydroxylation sites is 1. The number of fused-ring (bicyclic) bond motifs is 2. The van der Waals surface area contributed by atoms with Crippen molar-refractivity contribution in [3.63, 3.8) is 0 Å². The van der Waals surface area contributed by atoms with E-state index in [1.807, 2.05) is 31.2 Å². The first-order chi connectivity index (χ1) is 16.5. The predicted octanol–water partition coefficient (Wildman–Crippen LogP) is 4.82. The topological polar surface area (TPSA) is 90.9 Å². The third-order valence-corrected chi connectivity index (χ3v) is 5.62. The van der Waals surface area contributed by atoms with Crippen molar-refractivity contribution in [3.8, 4) is 11.3 Å². The number of aryl methyl sites for hydroxylation is 1. The molecule has 168 valence electrons. The number of esters is 1. The third kappa shape index (κ3) is 3.67. The number of benzene rings is 2. The van der Waals surface area contributed by atoms with Gasteiger partial charge in [0.1, 0.15) is 17.5 Å². The van der Waals surface area contributed by atoms with Crippen molar-refractivity contribution in [3.05, 3.63) is 106 Å². The van der Waals surface area contributed by atoms with Gasteiger partial charge in [0.25, 0.3) is 0 Å². The van der Waals surface area contributed by atoms with Gasteiger partial charge in [0.2, 0.25) is 5.78 Å². The molecule has 0 amide bonds. The number of nitrogens with zero attached hydrogens (tertiary/aromatic N) is 2. The van der Waals surface area contributed by atoms with E-state index >= 15 is 0 Å². The van der Waals surface area contributed by atoms with E-state index in [-0.39, 0.29) is 23.4 Å². The molecule has 7 heteroatoms. The van der Waals surface area contributed by atoms with Gasteiger partial charge in [-0.15, -0.1) is 0 Å². The van der Waals surface area contributed by atoms with Crippen molar-refractivity contribution >= 4 is 28.2 Å². The highest BCUT2D eigenvalue weighted by Gasteiger charge is 2.24. The van der Waals surface area contributed by atoms with E-state index in [0.29, 0.717) is 22.2 Å². The maximum absolute atomic E-state index is 13.5. The Hall–Kier alpha value is -4.52. The van der Waals surface area contributed by atoms with Gasteiger partial charge in [-0.1, -0.05) is 48.0 Å². The first-order valence-corrected chi connectivity index (χ1v) is 10.8. The van der Waals surface area contributed by atoms with Gasteiger partial charge in [-0.25, -0.2) is 14.6 Å². The molecule has 0 unspecified atom stereocenters. The summed E-state index contributed by atoms with van der Waals surface area (Å²) in [5.74, 6) is -1.14. The first-order valence-electron chi connectivity index (χ1n) is 10.8. The lowest BCUT2D eigenvalue weighted by Gasteiger charge is -2.06. The molecule has 7 nitrogen and oxygen atoms in total. The van der Waals surface area contributed by atoms with Gasteiger partial charge in [0.15, 0.2) is 0 Å². The molecule has 0 bridgehead atoms. The summed E-state index contributed by atoms with van der Waals surface area (Å²) < 4.78 is 12.0. The fourth-order valence-electron chi connectivity index (χ4n) is 3.89. The number of aromatic nitrogens is 2. The van der Waals surface area contributed by atoms with Gasteiger partial charge in [-0.05, 0) is 38.1 Å². The molecule has 3 aromatic heterocycles. The zero-order valence-electron chi connectivity index (χ0n) is 18.6. The van der Waals surface area contributed by atoms with Crippen molar-refractivity contribution in [1.29, 1.82) is 0 Å². The highest BCUT2D eigenvalue weighted by atomic mass is 16.5. The lowest BCUT2D eigenvalue weighted by molar-refractivity contribution is 0.0529. The maximum Gasteiger partial charge on any atom is 0.347 e. The molecule has 5 rings (SSSR count). The lowest BCUT2D eigenvalue weighted by Crippen LogP contribution is -2.16. The summed E-state index contributed by atoms with van der Waals surface area (Å²) in [7, 11) is 0. The van der Waals surface area contributed by atoms with Crippen LogP contribution in [0.4, 0.5) is 0 Å². The van der Waals surface area contributed by atoms with Crippen LogP contribution in [-0.2, 0) is 4.74 Å². The van der Waals surface area contributed by atoms with Gasteiger partial charge in [-0.3, -0.25) is 9.20 Å². The molecule has 0 atom stereocenters. The Morgan fingerprint density at radius 1 is 1.00 bits per heavy atom. The second kappa shape index (κ2) is 8.44. The summed E-state index contributed by atoms with van der Waals surface area (Å²) in [5, 5.41) is 0.622. The molecule has 3 heterocycles. The number of ketones is 1. The molecule has 0 aliphatic rings. The van der Waals surface area contributed by atoms with E-state index in [0.717, 1.165) is 11.1 Å². The SMILES string of the molecule is CCOC(=O)c1cc(C(=O)c2cc3ccccc3oc2=O)n2cnc(-c3ccc(C)cc3)cc12. The molecular formula is C27H20N2O5. The predicted molar refractivity (Wildman–Crippen MR) is 127 cm³/mol. The van der Waals surface area contributed by atoms with Crippen LogP contribution in [0.5, 0.6) is 0 Å². The smallest absolute Gasteiger partial charge is 0.347 e. The van der Waals surface area contributed by atoms with E-state index in [1.165, 1.54) is 22.9 Å². The Labute approximate surface area is 194 Å². The van der Waals surface area contributed by atoms with Crippen molar-refractivity contribution < 1.29 is 18.7 Å². The molecule has 0 aliphatic carbocycles. The van der Waals surface area contributed by atoms with Crippen molar-refractivity contribution in [2.75, 3.05) is 6.61 Å². The summed E-state index contributed by atoms with van der Waals surface area (Å²) in [6.45, 7) is 3.89. The molecule has 0 aliphatic heterocycles. The summed E-state index contributed by atoms with van der Waals surface area (Å²) in [4.78, 5) is 43.2. The average Bonchev–Trinajstić information content (AvgIpc) is 3.23. The molecule has 34 heavy (non-hydrogen) atoms. The quantitative estimate of drug-likeness (QED) is 0.216. The second-order valence-electron chi connectivity index (χ2n) is 7.87. The molecule has 0 spiro atoms. The number of rotatable bonds is 5. The van der Waals surface area contributed by atoms with Crippen LogP contribution in [0.15, 0.2) is 82.3 Å². The molecule has 0 saturated heterocycles. The van der Waals surface area contributed by atoms with E-state index in [1.54, 1.807) is 37.3 Å². The summed E-state index contributed by atoms with van der Waals surface area (Å²) in [6.07, 6.45) is 1.48. The first kappa shape index (κ1) is 21.3. The van der Waals surface area contributed by atoms with Gasteiger partial charge in [0, 0.05) is 10.9 Å². The third-order valence-electron chi connectivity index (χ3n) is 5.62. The Kier molecular flexibility index (Phi) is 5.30. The molecule has 0 fully saturated rings. The molecule has 0 N–H and O–H groups in total. The van der Waals surface area contributed by atoms with Crippen LogP contribution in [0.1, 0.15) is 38.9 Å². The Morgan fingerprint density at radius 3 is 2.53 bits per heavy atom. The monoisotopic (exact) mass is 452 g/mol. The lowest BCUT2D eigenvalue weighted by atomic mass is 10.1. The van der Waals surface area contributed by atoms with Crippen LogP contribution in [0, 0.1) is 6.92 Å². The minimum atomic E-state index is -0.749. The number of hydrogen-bond donors (Lipinski definition) is 0. The van der Waals surface area contributed by atoms with Crippen molar-refractivity contribution in [2.24, 2.45) is 0 Å². The summed E-state index contributed by atoms with van der Waals surface area (Å²) in [5.41, 5.74) is 2.92. The fraction of sp³-hybridized carbons (Fsp3) is 0.111. The standard InChI is InChI=1S/C27H20N2O5/c1-3-33-26(31)19-13-23(25(30)20-12-18-6-4-5-7-24(18)34-27(20)32)29-15-28-21(14-22(19)29)17-10-8-16(2)9-11-17/h4-15H,3H2,1-2H3. The highest BCUT2D eigenvalue weighted by Crippen LogP contribution is 2.25. The van der Waals surface area contributed by atoms with Crippen molar-refractivity contribution in [2.45, 2.75) is 13.8 Å². The van der Waals surface area contributed by atoms with Crippen LogP contribution in [0.25, 0.3) is 27.7 Å². The Balaban J connectivity index is 1.69. The van der Waals surface area contributed by atoms with Gasteiger partial charge < -0.3 is 9.15 Å². The van der Waals surface area contributed by atoms with Gasteiger partial charge in [0.05, 0.1) is 29.1 Å². The normalized spacial score (nSPS) is 11.1. The van der Waals surface area contributed by atoms with Crippen LogP contribution in [0.3, 0.4) is 0 Å². The van der Waals surface area contributed by atoms with Crippen LogP contribution in [-0.4, -0.2) is 27.7 Å². The van der Waals surface area contributed by atoms with Crippen LogP contribution >= 0.6 is 0 Å². The Morgan fingerprint density at radius 2 is 1.76 bits per heavy atom. The fourth-order valence-corrected chi connectivity index (χ4v) is 3.89. The highest BCUT2D eigenvalue weighted by molar-refractivity contribution is 6.12. The van der Waals surface area contributed by atoms with Crippen LogP contribution in [0.2, 0.25) is 0 Å². The van der Waals surface area contributed by atoms with Gasteiger partial charge >= 0.3 is 11.6 Å². The molecule has 5 aromatic rings. The molecule has 2 aromatic carbocycles. The summed E-state index contributed by atoms with van der Waals surface area (Å²) >= 11 is 0. The second-order valence-corrected chi connectivity index (χ2v) is 7.87. The van der Waals surface area contributed by atoms with E-state index in [9.17, 15) is 14.4 Å². The largest absolute Gasteiger partial charge is 0.462 e. The summed E-state index contributed by atoms with van der Waals surface area (Å²) in [6, 6.07) is 19.4. The Bertz CT molecular complexity index is 1630. The van der Waals surface area contributed by atoms with Crippen molar-refractivity contribution in [1.82, 2.24) is 9.38 Å². The van der Waals surface area contributed by atoms with Gasteiger partial charge in [-0.2, -0.15) is 0 Å². The molecule has 0 radical (unpaired) electrons. The molecular weight excluding hydrogens is 432 g/mol. The number of hydrogen-bond acceptors (Lipinski definition) is 6. The molecule has 0 saturated carbocycles. The van der Waals surface area contributed by atoms with E-state index < -0.39 is 17.4 Å². The maximum atomic E-state index is 13.5. The number of carbonyl (C=O) groups is 2. The average molecular weight is 452 g/mol. The van der Waals surface area contributed by atoms with E-state index in [4.69, 9.17) is 9.15 Å². The number of carbonyl (C=O) groups excluding carboxylic acids is 2. The minimum absolute atomic E-state index is 0.114. The zero-order chi connectivity index (χ0) is 23.8. The zero-order valence-corrected chi connectivity index (χ0v) is 18.6. The van der Waals surface area contributed by atoms with Crippen LogP contribution < -0.4 is 5.63 Å². The number of ether oxygens (including phenoxy) is 1.